The average Bonchev–Trinajstić information content (AvgIpc) is 3.15. The van der Waals surface area contributed by atoms with Gasteiger partial charge in [0.15, 0.2) is 11.0 Å². The van der Waals surface area contributed by atoms with Crippen LogP contribution in [0, 0.1) is 10.1 Å². The number of benzene rings is 2. The Morgan fingerprint density at radius 1 is 1.24 bits per heavy atom. The Bertz CT molecular complexity index is 1170. The van der Waals surface area contributed by atoms with Crippen molar-refractivity contribution in [3.05, 3.63) is 76.9 Å². The first-order chi connectivity index (χ1) is 15.6. The summed E-state index contributed by atoms with van der Waals surface area (Å²) in [5.41, 5.74) is 2.49. The standard InChI is InChI=1S/C24H27N5O3S/c1-6-14-28-21(17-10-12-18(13-11-17)24(3,4)5)26-27-23(28)33-16(2)22(30)25-19-8-7-9-20(15-19)29(31)32/h6-13,15-16H,1,14H2,2-5H3,(H,25,30). The molecule has 0 saturated heterocycles. The van der Waals surface area contributed by atoms with E-state index in [-0.39, 0.29) is 17.0 Å². The Labute approximate surface area is 197 Å². The van der Waals surface area contributed by atoms with E-state index >= 15 is 0 Å². The molecule has 1 N–H and O–H groups in total. The van der Waals surface area contributed by atoms with Crippen molar-refractivity contribution in [2.75, 3.05) is 5.32 Å². The molecular formula is C24H27N5O3S. The van der Waals surface area contributed by atoms with E-state index in [9.17, 15) is 14.9 Å². The summed E-state index contributed by atoms with van der Waals surface area (Å²) >= 11 is 1.27. The highest BCUT2D eigenvalue weighted by Gasteiger charge is 2.22. The number of aromatic nitrogens is 3. The van der Waals surface area contributed by atoms with Gasteiger partial charge in [-0.05, 0) is 24.0 Å². The number of amides is 1. The monoisotopic (exact) mass is 465 g/mol. The third-order valence-electron chi connectivity index (χ3n) is 5.01. The number of thioether (sulfide) groups is 1. The zero-order valence-corrected chi connectivity index (χ0v) is 19.9. The van der Waals surface area contributed by atoms with Crippen LogP contribution in [-0.2, 0) is 16.8 Å². The van der Waals surface area contributed by atoms with Gasteiger partial charge in [-0.15, -0.1) is 16.8 Å². The fraction of sp³-hybridized carbons (Fsp3) is 0.292. The Hall–Kier alpha value is -3.46. The maximum atomic E-state index is 12.7. The van der Waals surface area contributed by atoms with E-state index in [1.807, 2.05) is 16.7 Å². The van der Waals surface area contributed by atoms with Crippen LogP contribution in [0.2, 0.25) is 0 Å². The summed E-state index contributed by atoms with van der Waals surface area (Å²) in [5.74, 6) is 0.411. The Balaban J connectivity index is 1.78. The smallest absolute Gasteiger partial charge is 0.271 e. The molecule has 2 aromatic carbocycles. The number of nitro groups is 1. The lowest BCUT2D eigenvalue weighted by atomic mass is 9.87. The van der Waals surface area contributed by atoms with Crippen LogP contribution in [0.15, 0.2) is 66.3 Å². The third-order valence-corrected chi connectivity index (χ3v) is 6.09. The van der Waals surface area contributed by atoms with Gasteiger partial charge in [-0.3, -0.25) is 19.5 Å². The summed E-state index contributed by atoms with van der Waals surface area (Å²) < 4.78 is 1.92. The van der Waals surface area contributed by atoms with E-state index in [2.05, 4.69) is 55.0 Å². The van der Waals surface area contributed by atoms with Crippen LogP contribution >= 0.6 is 11.8 Å². The van der Waals surface area contributed by atoms with Crippen LogP contribution in [0.4, 0.5) is 11.4 Å². The number of allylic oxidation sites excluding steroid dienone is 1. The molecule has 0 aliphatic carbocycles. The molecule has 0 bridgehead atoms. The molecule has 0 aliphatic heterocycles. The van der Waals surface area contributed by atoms with Crippen molar-refractivity contribution in [2.24, 2.45) is 0 Å². The Morgan fingerprint density at radius 3 is 2.55 bits per heavy atom. The molecule has 1 amide bonds. The number of nitro benzene ring substituents is 1. The topological polar surface area (TPSA) is 103 Å². The number of nitrogens with one attached hydrogen (secondary N) is 1. The van der Waals surface area contributed by atoms with Crippen molar-refractivity contribution < 1.29 is 9.72 Å². The average molecular weight is 466 g/mol. The van der Waals surface area contributed by atoms with Crippen molar-refractivity contribution in [1.29, 1.82) is 0 Å². The van der Waals surface area contributed by atoms with Crippen molar-refractivity contribution in [2.45, 2.75) is 50.1 Å². The fourth-order valence-corrected chi connectivity index (χ4v) is 4.01. The van der Waals surface area contributed by atoms with Gasteiger partial charge in [0.25, 0.3) is 5.69 Å². The van der Waals surface area contributed by atoms with Crippen molar-refractivity contribution >= 4 is 29.0 Å². The summed E-state index contributed by atoms with van der Waals surface area (Å²) in [5, 5.41) is 22.4. The highest BCUT2D eigenvalue weighted by atomic mass is 32.2. The summed E-state index contributed by atoms with van der Waals surface area (Å²) in [6, 6.07) is 14.1. The van der Waals surface area contributed by atoms with Gasteiger partial charge in [-0.2, -0.15) is 0 Å². The molecule has 8 nitrogen and oxygen atoms in total. The lowest BCUT2D eigenvalue weighted by Gasteiger charge is -2.19. The molecular weight excluding hydrogens is 438 g/mol. The maximum absolute atomic E-state index is 12.7. The van der Waals surface area contributed by atoms with Gasteiger partial charge in [0.05, 0.1) is 10.2 Å². The molecule has 0 aliphatic rings. The van der Waals surface area contributed by atoms with E-state index in [1.54, 1.807) is 19.1 Å². The van der Waals surface area contributed by atoms with Crippen LogP contribution in [0.1, 0.15) is 33.3 Å². The van der Waals surface area contributed by atoms with Crippen LogP contribution in [0.25, 0.3) is 11.4 Å². The number of nitrogens with zero attached hydrogens (tertiary/aromatic N) is 4. The quantitative estimate of drug-likeness (QED) is 0.205. The summed E-state index contributed by atoms with van der Waals surface area (Å²) in [4.78, 5) is 23.2. The second kappa shape index (κ2) is 9.99. The fourth-order valence-electron chi connectivity index (χ4n) is 3.16. The molecule has 1 unspecified atom stereocenters. The van der Waals surface area contributed by atoms with Gasteiger partial charge in [0, 0.05) is 29.9 Å². The summed E-state index contributed by atoms with van der Waals surface area (Å²) in [7, 11) is 0. The van der Waals surface area contributed by atoms with Crippen LogP contribution < -0.4 is 5.32 Å². The lowest BCUT2D eigenvalue weighted by Crippen LogP contribution is -2.23. The van der Waals surface area contributed by atoms with E-state index in [1.165, 1.54) is 35.5 Å². The zero-order valence-electron chi connectivity index (χ0n) is 19.1. The van der Waals surface area contributed by atoms with Gasteiger partial charge in [0.2, 0.25) is 5.91 Å². The Morgan fingerprint density at radius 2 is 1.94 bits per heavy atom. The second-order valence-electron chi connectivity index (χ2n) is 8.59. The molecule has 0 spiro atoms. The van der Waals surface area contributed by atoms with Crippen LogP contribution in [0.5, 0.6) is 0 Å². The van der Waals surface area contributed by atoms with E-state index in [4.69, 9.17) is 0 Å². The summed E-state index contributed by atoms with van der Waals surface area (Å²) in [6.45, 7) is 12.6. The minimum absolute atomic E-state index is 0.0519. The highest BCUT2D eigenvalue weighted by Crippen LogP contribution is 2.30. The van der Waals surface area contributed by atoms with Gasteiger partial charge < -0.3 is 5.32 Å². The van der Waals surface area contributed by atoms with Crippen LogP contribution in [-0.4, -0.2) is 30.8 Å². The van der Waals surface area contributed by atoms with Crippen LogP contribution in [0.3, 0.4) is 0 Å². The second-order valence-corrected chi connectivity index (χ2v) is 9.90. The number of non-ortho nitro benzene ring substituents is 1. The molecule has 0 fully saturated rings. The van der Waals surface area contributed by atoms with Gasteiger partial charge >= 0.3 is 0 Å². The molecule has 0 saturated carbocycles. The zero-order chi connectivity index (χ0) is 24.2. The molecule has 9 heteroatoms. The molecule has 3 rings (SSSR count). The third kappa shape index (κ3) is 5.87. The van der Waals surface area contributed by atoms with Crippen molar-refractivity contribution in [3.63, 3.8) is 0 Å². The molecule has 33 heavy (non-hydrogen) atoms. The lowest BCUT2D eigenvalue weighted by molar-refractivity contribution is -0.384. The number of carbonyl (C=O) groups is 1. The van der Waals surface area contributed by atoms with E-state index in [0.29, 0.717) is 23.2 Å². The largest absolute Gasteiger partial charge is 0.325 e. The first-order valence-electron chi connectivity index (χ1n) is 10.5. The van der Waals surface area contributed by atoms with Crippen molar-refractivity contribution in [1.82, 2.24) is 14.8 Å². The number of anilines is 1. The normalized spacial score (nSPS) is 12.2. The Kier molecular flexibility index (Phi) is 7.33. The molecule has 1 atom stereocenters. The molecule has 1 heterocycles. The molecule has 172 valence electrons. The predicted molar refractivity (Wildman–Crippen MR) is 131 cm³/mol. The SMILES string of the molecule is C=CCn1c(SC(C)C(=O)Nc2cccc([N+](=O)[O-])c2)nnc1-c1ccc(C(C)(C)C)cc1. The number of hydrogen-bond acceptors (Lipinski definition) is 6. The van der Waals surface area contributed by atoms with Gasteiger partial charge in [-0.1, -0.05) is 68.9 Å². The predicted octanol–water partition coefficient (Wildman–Crippen LogP) is 5.46. The first-order valence-corrected chi connectivity index (χ1v) is 11.3. The number of rotatable bonds is 8. The molecule has 3 aromatic rings. The minimum Gasteiger partial charge on any atom is -0.325 e. The first kappa shape index (κ1) is 24.2. The number of hydrogen-bond donors (Lipinski definition) is 1. The molecule has 0 radical (unpaired) electrons. The van der Waals surface area contributed by atoms with Gasteiger partial charge in [-0.25, -0.2) is 0 Å². The van der Waals surface area contributed by atoms with Crippen molar-refractivity contribution in [3.8, 4) is 11.4 Å². The van der Waals surface area contributed by atoms with Gasteiger partial charge in [0.1, 0.15) is 0 Å². The molecule has 1 aromatic heterocycles. The highest BCUT2D eigenvalue weighted by molar-refractivity contribution is 8.00. The minimum atomic E-state index is -0.506. The maximum Gasteiger partial charge on any atom is 0.271 e. The van der Waals surface area contributed by atoms with E-state index < -0.39 is 10.2 Å². The van der Waals surface area contributed by atoms with E-state index in [0.717, 1.165) is 5.56 Å². The number of carbonyl (C=O) groups excluding carboxylic acids is 1. The summed E-state index contributed by atoms with van der Waals surface area (Å²) in [6.07, 6.45) is 1.76.